The number of hydrogen-bond donors (Lipinski definition) is 7. The SMILES string of the molecule is CC(C)C(NC(=O)C(CC(=O)O)NC(=O)C(N)Cc1ccccc1)C(=O)NC(CCC(N)=O)C(=O)O. The maximum atomic E-state index is 12.9. The van der Waals surface area contributed by atoms with Gasteiger partial charge in [-0.2, -0.15) is 0 Å². The molecular formula is C23H33N5O8. The van der Waals surface area contributed by atoms with E-state index in [1.165, 1.54) is 0 Å². The van der Waals surface area contributed by atoms with Crippen LogP contribution in [0.2, 0.25) is 0 Å². The Kier molecular flexibility index (Phi) is 12.0. The van der Waals surface area contributed by atoms with Crippen LogP contribution in [0.4, 0.5) is 0 Å². The third-order valence-electron chi connectivity index (χ3n) is 5.19. The molecular weight excluding hydrogens is 474 g/mol. The van der Waals surface area contributed by atoms with Gasteiger partial charge in [0.1, 0.15) is 18.1 Å². The van der Waals surface area contributed by atoms with E-state index in [0.29, 0.717) is 0 Å². The lowest BCUT2D eigenvalue weighted by atomic mass is 10.0. The maximum Gasteiger partial charge on any atom is 0.326 e. The van der Waals surface area contributed by atoms with Crippen molar-refractivity contribution < 1.29 is 39.0 Å². The van der Waals surface area contributed by atoms with Gasteiger partial charge >= 0.3 is 11.9 Å². The standard InChI is InChI=1S/C23H33N5O8/c1-12(2)19(22(34)26-15(23(35)36)8-9-17(25)29)28-21(33)16(11-18(30)31)27-20(32)14(24)10-13-6-4-3-5-7-13/h3-7,12,14-16,19H,8-11,24H2,1-2H3,(H2,25,29)(H,26,34)(H,27,32)(H,28,33)(H,30,31)(H,35,36). The van der Waals surface area contributed by atoms with Crippen LogP contribution in [-0.2, 0) is 35.2 Å². The molecule has 198 valence electrons. The summed E-state index contributed by atoms with van der Waals surface area (Å²) in [6.45, 7) is 3.15. The van der Waals surface area contributed by atoms with Crippen LogP contribution in [-0.4, -0.2) is 69.9 Å². The van der Waals surface area contributed by atoms with Crippen molar-refractivity contribution in [2.45, 2.75) is 63.7 Å². The fourth-order valence-electron chi connectivity index (χ4n) is 3.22. The summed E-state index contributed by atoms with van der Waals surface area (Å²) in [5, 5.41) is 25.4. The van der Waals surface area contributed by atoms with Crippen molar-refractivity contribution in [3.8, 4) is 0 Å². The Morgan fingerprint density at radius 1 is 0.861 bits per heavy atom. The number of nitrogens with two attached hydrogens (primary N) is 2. The number of primary amides is 1. The summed E-state index contributed by atoms with van der Waals surface area (Å²) >= 11 is 0. The first-order valence-corrected chi connectivity index (χ1v) is 11.2. The fraction of sp³-hybridized carbons (Fsp3) is 0.478. The number of amides is 4. The molecule has 0 fully saturated rings. The number of hydrogen-bond acceptors (Lipinski definition) is 7. The molecule has 13 heteroatoms. The molecule has 0 aliphatic carbocycles. The Bertz CT molecular complexity index is 953. The molecule has 4 unspecified atom stereocenters. The molecule has 36 heavy (non-hydrogen) atoms. The predicted octanol–water partition coefficient (Wildman–Crippen LogP) is -1.51. The van der Waals surface area contributed by atoms with Gasteiger partial charge in [0.2, 0.25) is 23.6 Å². The summed E-state index contributed by atoms with van der Waals surface area (Å²) in [6, 6.07) is 3.52. The zero-order valence-corrected chi connectivity index (χ0v) is 20.1. The van der Waals surface area contributed by atoms with Gasteiger partial charge in [-0.3, -0.25) is 24.0 Å². The monoisotopic (exact) mass is 507 g/mol. The number of carboxylic acids is 2. The van der Waals surface area contributed by atoms with Crippen LogP contribution in [0.25, 0.3) is 0 Å². The molecule has 0 aliphatic rings. The molecule has 0 spiro atoms. The Morgan fingerprint density at radius 2 is 1.44 bits per heavy atom. The van der Waals surface area contributed by atoms with Gasteiger partial charge in [-0.1, -0.05) is 44.2 Å². The molecule has 4 atom stereocenters. The third kappa shape index (κ3) is 10.5. The summed E-state index contributed by atoms with van der Waals surface area (Å²) in [4.78, 5) is 71.9. The lowest BCUT2D eigenvalue weighted by Gasteiger charge is -2.26. The van der Waals surface area contributed by atoms with E-state index in [1.54, 1.807) is 44.2 Å². The molecule has 0 heterocycles. The highest BCUT2D eigenvalue weighted by atomic mass is 16.4. The van der Waals surface area contributed by atoms with Crippen molar-refractivity contribution in [2.24, 2.45) is 17.4 Å². The maximum absolute atomic E-state index is 12.9. The minimum atomic E-state index is -1.55. The van der Waals surface area contributed by atoms with Gasteiger partial charge in [-0.05, 0) is 24.3 Å². The lowest BCUT2D eigenvalue weighted by Crippen LogP contribution is -2.59. The van der Waals surface area contributed by atoms with Crippen molar-refractivity contribution >= 4 is 35.6 Å². The summed E-state index contributed by atoms with van der Waals surface area (Å²) in [7, 11) is 0. The predicted molar refractivity (Wildman–Crippen MR) is 127 cm³/mol. The van der Waals surface area contributed by atoms with E-state index in [-0.39, 0.29) is 19.3 Å². The highest BCUT2D eigenvalue weighted by molar-refractivity contribution is 5.95. The second kappa shape index (κ2) is 14.4. The average molecular weight is 508 g/mol. The summed E-state index contributed by atoms with van der Waals surface area (Å²) in [5.74, 6) is -6.66. The number of carbonyl (C=O) groups is 6. The molecule has 13 nitrogen and oxygen atoms in total. The molecule has 0 aromatic heterocycles. The van der Waals surface area contributed by atoms with E-state index in [0.717, 1.165) is 5.56 Å². The number of carboxylic acid groups (broad SMARTS) is 2. The van der Waals surface area contributed by atoms with E-state index in [9.17, 15) is 39.0 Å². The topological polar surface area (TPSA) is 231 Å². The van der Waals surface area contributed by atoms with E-state index in [1.807, 2.05) is 0 Å². The number of aliphatic carboxylic acids is 2. The first-order valence-electron chi connectivity index (χ1n) is 11.2. The van der Waals surface area contributed by atoms with Gasteiger partial charge in [-0.15, -0.1) is 0 Å². The molecule has 1 aromatic carbocycles. The zero-order valence-electron chi connectivity index (χ0n) is 20.1. The Morgan fingerprint density at radius 3 is 1.94 bits per heavy atom. The van der Waals surface area contributed by atoms with Crippen LogP contribution >= 0.6 is 0 Å². The van der Waals surface area contributed by atoms with Crippen LogP contribution in [0.5, 0.6) is 0 Å². The van der Waals surface area contributed by atoms with Crippen LogP contribution in [0.15, 0.2) is 30.3 Å². The van der Waals surface area contributed by atoms with Gasteiger partial charge in [-0.25, -0.2) is 4.79 Å². The molecule has 1 aromatic rings. The lowest BCUT2D eigenvalue weighted by molar-refractivity contribution is -0.143. The van der Waals surface area contributed by atoms with Crippen LogP contribution < -0.4 is 27.4 Å². The number of carbonyl (C=O) groups excluding carboxylic acids is 4. The van der Waals surface area contributed by atoms with Crippen molar-refractivity contribution in [2.75, 3.05) is 0 Å². The van der Waals surface area contributed by atoms with Crippen molar-refractivity contribution in [1.82, 2.24) is 16.0 Å². The van der Waals surface area contributed by atoms with Crippen molar-refractivity contribution in [1.29, 1.82) is 0 Å². The largest absolute Gasteiger partial charge is 0.481 e. The van der Waals surface area contributed by atoms with Gasteiger partial charge < -0.3 is 37.6 Å². The molecule has 0 aliphatic heterocycles. The quantitative estimate of drug-likeness (QED) is 0.146. The summed E-state index contributed by atoms with van der Waals surface area (Å²) < 4.78 is 0. The van der Waals surface area contributed by atoms with E-state index >= 15 is 0 Å². The minimum Gasteiger partial charge on any atom is -0.481 e. The molecule has 4 amide bonds. The van der Waals surface area contributed by atoms with Gasteiger partial charge in [0.15, 0.2) is 0 Å². The van der Waals surface area contributed by atoms with Crippen LogP contribution in [0.3, 0.4) is 0 Å². The summed E-state index contributed by atoms with van der Waals surface area (Å²) in [6.07, 6.45) is -1.18. The molecule has 0 bridgehead atoms. The Hall–Kier alpha value is -4.00. The molecule has 9 N–H and O–H groups in total. The first kappa shape index (κ1) is 30.0. The average Bonchev–Trinajstić information content (AvgIpc) is 2.79. The second-order valence-electron chi connectivity index (χ2n) is 8.59. The Labute approximate surface area is 208 Å². The molecule has 0 saturated carbocycles. The smallest absolute Gasteiger partial charge is 0.326 e. The Balaban J connectivity index is 2.92. The minimum absolute atomic E-state index is 0.146. The van der Waals surface area contributed by atoms with Crippen molar-refractivity contribution in [3.05, 3.63) is 35.9 Å². The molecule has 0 radical (unpaired) electrons. The number of benzene rings is 1. The van der Waals surface area contributed by atoms with Gasteiger partial charge in [0.25, 0.3) is 0 Å². The molecule has 0 saturated heterocycles. The zero-order chi connectivity index (χ0) is 27.4. The fourth-order valence-corrected chi connectivity index (χ4v) is 3.22. The van der Waals surface area contributed by atoms with E-state index in [4.69, 9.17) is 11.5 Å². The number of nitrogens with one attached hydrogen (secondary N) is 3. The highest BCUT2D eigenvalue weighted by Crippen LogP contribution is 2.07. The van der Waals surface area contributed by atoms with Crippen LogP contribution in [0, 0.1) is 5.92 Å². The first-order chi connectivity index (χ1) is 16.8. The van der Waals surface area contributed by atoms with Gasteiger partial charge in [0, 0.05) is 6.42 Å². The van der Waals surface area contributed by atoms with Crippen LogP contribution in [0.1, 0.15) is 38.7 Å². The van der Waals surface area contributed by atoms with Crippen molar-refractivity contribution in [3.63, 3.8) is 0 Å². The molecule has 1 rings (SSSR count). The third-order valence-corrected chi connectivity index (χ3v) is 5.19. The normalized spacial score (nSPS) is 14.1. The van der Waals surface area contributed by atoms with Gasteiger partial charge in [0.05, 0.1) is 12.5 Å². The van der Waals surface area contributed by atoms with E-state index in [2.05, 4.69) is 16.0 Å². The summed E-state index contributed by atoms with van der Waals surface area (Å²) in [5.41, 5.74) is 11.7. The highest BCUT2D eigenvalue weighted by Gasteiger charge is 2.32. The number of rotatable bonds is 15. The van der Waals surface area contributed by atoms with E-state index < -0.39 is 72.1 Å². The second-order valence-corrected chi connectivity index (χ2v) is 8.59.